The molecule has 2 aromatic carbocycles. The van der Waals surface area contributed by atoms with Crippen molar-refractivity contribution in [3.63, 3.8) is 0 Å². The molecule has 0 saturated heterocycles. The smallest absolute Gasteiger partial charge is 0.243 e. The Bertz CT molecular complexity index is 920. The van der Waals surface area contributed by atoms with E-state index in [1.165, 1.54) is 30.9 Å². The topological polar surface area (TPSA) is 75.7 Å². The lowest BCUT2D eigenvalue weighted by molar-refractivity contribution is -0.121. The van der Waals surface area contributed by atoms with Crippen LogP contribution in [0.5, 0.6) is 5.75 Å². The van der Waals surface area contributed by atoms with Crippen molar-refractivity contribution >= 4 is 27.5 Å². The van der Waals surface area contributed by atoms with E-state index in [-0.39, 0.29) is 35.0 Å². The molecule has 1 amide bonds. The fourth-order valence-electron chi connectivity index (χ4n) is 2.90. The molecule has 8 heteroatoms. The first-order valence-corrected chi connectivity index (χ1v) is 11.3. The maximum atomic E-state index is 12.9. The number of halogens is 1. The van der Waals surface area contributed by atoms with Crippen LogP contribution in [0.15, 0.2) is 53.4 Å². The number of aryl methyl sites for hydroxylation is 1. The van der Waals surface area contributed by atoms with Gasteiger partial charge in [-0.15, -0.1) is 0 Å². The van der Waals surface area contributed by atoms with Crippen LogP contribution < -0.4 is 10.1 Å². The second-order valence-electron chi connectivity index (χ2n) is 6.72. The lowest BCUT2D eigenvalue weighted by Crippen LogP contribution is -2.43. The third-order valence-electron chi connectivity index (χ3n) is 4.55. The van der Waals surface area contributed by atoms with Crippen LogP contribution in [0.2, 0.25) is 5.02 Å². The minimum absolute atomic E-state index is 0.0232. The van der Waals surface area contributed by atoms with E-state index in [1.807, 2.05) is 37.3 Å². The van der Waals surface area contributed by atoms with E-state index in [4.69, 9.17) is 16.3 Å². The van der Waals surface area contributed by atoms with Crippen LogP contribution in [0.25, 0.3) is 0 Å². The van der Waals surface area contributed by atoms with Crippen molar-refractivity contribution in [2.45, 2.75) is 37.6 Å². The Morgan fingerprint density at radius 2 is 1.90 bits per heavy atom. The molecule has 6 nitrogen and oxygen atoms in total. The lowest BCUT2D eigenvalue weighted by Gasteiger charge is -2.22. The number of hydrogen-bond acceptors (Lipinski definition) is 4. The number of hydrogen-bond donors (Lipinski definition) is 1. The lowest BCUT2D eigenvalue weighted by atomic mass is 10.1. The van der Waals surface area contributed by atoms with Crippen molar-refractivity contribution in [3.05, 3.63) is 59.1 Å². The molecule has 29 heavy (non-hydrogen) atoms. The van der Waals surface area contributed by atoms with Gasteiger partial charge in [-0.3, -0.25) is 4.79 Å². The van der Waals surface area contributed by atoms with Crippen molar-refractivity contribution in [1.29, 1.82) is 0 Å². The molecule has 0 fully saturated rings. The Labute approximate surface area is 177 Å². The Balaban J connectivity index is 1.98. The Morgan fingerprint density at radius 3 is 2.48 bits per heavy atom. The maximum absolute atomic E-state index is 12.9. The summed E-state index contributed by atoms with van der Waals surface area (Å²) in [6, 6.07) is 14.2. The molecule has 0 bridgehead atoms. The van der Waals surface area contributed by atoms with E-state index in [9.17, 15) is 13.2 Å². The highest BCUT2D eigenvalue weighted by Crippen LogP contribution is 2.28. The SMILES string of the molecule is CCN(CC(=O)N[C@H](C)CCc1ccccc1)S(=O)(=O)c1ccc(OC)c(Cl)c1. The van der Waals surface area contributed by atoms with Gasteiger partial charge < -0.3 is 10.1 Å². The van der Waals surface area contributed by atoms with Crippen molar-refractivity contribution in [2.24, 2.45) is 0 Å². The number of likely N-dealkylation sites (N-methyl/N-ethyl adjacent to an activating group) is 1. The first-order valence-electron chi connectivity index (χ1n) is 9.45. The number of methoxy groups -OCH3 is 1. The molecule has 0 aliphatic rings. The molecule has 0 unspecified atom stereocenters. The third-order valence-corrected chi connectivity index (χ3v) is 6.76. The summed E-state index contributed by atoms with van der Waals surface area (Å²) in [7, 11) is -2.40. The van der Waals surface area contributed by atoms with Gasteiger partial charge in [0.2, 0.25) is 15.9 Å². The summed E-state index contributed by atoms with van der Waals surface area (Å²) >= 11 is 6.06. The van der Waals surface area contributed by atoms with Gasteiger partial charge in [-0.2, -0.15) is 4.31 Å². The summed E-state index contributed by atoms with van der Waals surface area (Å²) in [5, 5.41) is 3.07. The molecule has 0 aliphatic heterocycles. The van der Waals surface area contributed by atoms with Crippen LogP contribution in [0.1, 0.15) is 25.8 Å². The zero-order valence-corrected chi connectivity index (χ0v) is 18.5. The molecule has 1 N–H and O–H groups in total. The molecular formula is C21H27ClN2O4S. The molecule has 2 aromatic rings. The minimum Gasteiger partial charge on any atom is -0.495 e. The van der Waals surface area contributed by atoms with Gasteiger partial charge in [0.25, 0.3) is 0 Å². The maximum Gasteiger partial charge on any atom is 0.243 e. The van der Waals surface area contributed by atoms with Gasteiger partial charge in [-0.05, 0) is 43.5 Å². The van der Waals surface area contributed by atoms with Gasteiger partial charge in [-0.25, -0.2) is 8.42 Å². The number of benzene rings is 2. The summed E-state index contributed by atoms with van der Waals surface area (Å²) in [6.45, 7) is 3.51. The number of rotatable bonds is 10. The first kappa shape index (κ1) is 23.2. The van der Waals surface area contributed by atoms with E-state index in [0.29, 0.717) is 5.75 Å². The summed E-state index contributed by atoms with van der Waals surface area (Å²) < 4.78 is 32.0. The van der Waals surface area contributed by atoms with Crippen LogP contribution in [-0.4, -0.2) is 44.9 Å². The number of nitrogens with one attached hydrogen (secondary N) is 1. The highest BCUT2D eigenvalue weighted by molar-refractivity contribution is 7.89. The number of sulfonamides is 1. The second kappa shape index (κ2) is 10.6. The van der Waals surface area contributed by atoms with Gasteiger partial charge in [0.05, 0.1) is 23.6 Å². The average molecular weight is 439 g/mol. The molecule has 0 heterocycles. The van der Waals surface area contributed by atoms with E-state index >= 15 is 0 Å². The van der Waals surface area contributed by atoms with E-state index in [2.05, 4.69) is 5.32 Å². The molecule has 0 saturated carbocycles. The van der Waals surface area contributed by atoms with Gasteiger partial charge in [0, 0.05) is 12.6 Å². The summed E-state index contributed by atoms with van der Waals surface area (Å²) in [5.41, 5.74) is 1.20. The van der Waals surface area contributed by atoms with Gasteiger partial charge >= 0.3 is 0 Å². The fourth-order valence-corrected chi connectivity index (χ4v) is 4.66. The molecule has 0 aliphatic carbocycles. The number of ether oxygens (including phenoxy) is 1. The first-order chi connectivity index (χ1) is 13.8. The third kappa shape index (κ3) is 6.45. The molecule has 2 rings (SSSR count). The van der Waals surface area contributed by atoms with Crippen LogP contribution in [0.4, 0.5) is 0 Å². The van der Waals surface area contributed by atoms with Crippen molar-refractivity contribution in [2.75, 3.05) is 20.2 Å². The zero-order chi connectivity index (χ0) is 21.4. The second-order valence-corrected chi connectivity index (χ2v) is 9.07. The van der Waals surface area contributed by atoms with Crippen LogP contribution in [0, 0.1) is 0 Å². The van der Waals surface area contributed by atoms with Crippen molar-refractivity contribution < 1.29 is 17.9 Å². The summed E-state index contributed by atoms with van der Waals surface area (Å²) in [4.78, 5) is 12.4. The molecular weight excluding hydrogens is 412 g/mol. The minimum atomic E-state index is -3.85. The zero-order valence-electron chi connectivity index (χ0n) is 16.9. The summed E-state index contributed by atoms with van der Waals surface area (Å²) in [6.07, 6.45) is 1.60. The monoisotopic (exact) mass is 438 g/mol. The highest BCUT2D eigenvalue weighted by Gasteiger charge is 2.26. The quantitative estimate of drug-likeness (QED) is 0.616. The van der Waals surface area contributed by atoms with E-state index < -0.39 is 10.0 Å². The standard InChI is InChI=1S/C21H27ClN2O4S/c1-4-24(29(26,27)18-12-13-20(28-3)19(22)14-18)15-21(25)23-16(2)10-11-17-8-6-5-7-9-17/h5-9,12-14,16H,4,10-11,15H2,1-3H3,(H,23,25)/t16-/m1/s1. The molecule has 1 atom stereocenters. The van der Waals surface area contributed by atoms with Crippen LogP contribution in [0.3, 0.4) is 0 Å². The average Bonchev–Trinajstić information content (AvgIpc) is 2.71. The molecule has 0 spiro atoms. The number of amides is 1. The highest BCUT2D eigenvalue weighted by atomic mass is 35.5. The predicted octanol–water partition coefficient (Wildman–Crippen LogP) is 3.50. The largest absolute Gasteiger partial charge is 0.495 e. The van der Waals surface area contributed by atoms with Crippen molar-refractivity contribution in [3.8, 4) is 5.75 Å². The van der Waals surface area contributed by atoms with Gasteiger partial charge in [-0.1, -0.05) is 48.9 Å². The number of nitrogens with zero attached hydrogens (tertiary/aromatic N) is 1. The van der Waals surface area contributed by atoms with Crippen LogP contribution >= 0.6 is 11.6 Å². The summed E-state index contributed by atoms with van der Waals surface area (Å²) in [5.74, 6) is 0.0502. The van der Waals surface area contributed by atoms with E-state index in [0.717, 1.165) is 17.1 Å². The molecule has 0 aromatic heterocycles. The number of carbonyl (C=O) groups is 1. The molecule has 0 radical (unpaired) electrons. The predicted molar refractivity (Wildman–Crippen MR) is 115 cm³/mol. The van der Waals surface area contributed by atoms with Gasteiger partial charge in [0.1, 0.15) is 5.75 Å². The Hall–Kier alpha value is -2.09. The Morgan fingerprint density at radius 1 is 1.21 bits per heavy atom. The van der Waals surface area contributed by atoms with Gasteiger partial charge in [0.15, 0.2) is 0 Å². The number of carbonyl (C=O) groups excluding carboxylic acids is 1. The van der Waals surface area contributed by atoms with Crippen molar-refractivity contribution in [1.82, 2.24) is 9.62 Å². The fraction of sp³-hybridized carbons (Fsp3) is 0.381. The molecule has 158 valence electrons. The normalized spacial score (nSPS) is 12.6. The Kier molecular flexibility index (Phi) is 8.49. The van der Waals surface area contributed by atoms with Crippen LogP contribution in [-0.2, 0) is 21.2 Å². The van der Waals surface area contributed by atoms with E-state index in [1.54, 1.807) is 6.92 Å².